The van der Waals surface area contributed by atoms with E-state index in [2.05, 4.69) is 67.8 Å². The second-order valence-electron chi connectivity index (χ2n) is 25.0. The lowest BCUT2D eigenvalue weighted by atomic mass is 9.97. The Bertz CT molecular complexity index is 1670. The first-order chi connectivity index (χ1) is 42.1. The minimum atomic E-state index is -1.79. The van der Waals surface area contributed by atoms with Crippen LogP contribution in [0.5, 0.6) is 0 Å². The van der Waals surface area contributed by atoms with Crippen LogP contribution in [0.2, 0.25) is 0 Å². The number of rotatable bonds is 58. The Hall–Kier alpha value is -2.31. The number of amides is 1. The zero-order valence-electron chi connectivity index (χ0n) is 54.6. The van der Waals surface area contributed by atoms with Gasteiger partial charge in [-0.3, -0.25) is 4.79 Å². The van der Waals surface area contributed by atoms with Gasteiger partial charge in [0.25, 0.3) is 0 Å². The molecule has 2 aliphatic heterocycles. The van der Waals surface area contributed by atoms with E-state index in [1.165, 1.54) is 212 Å². The maximum atomic E-state index is 13.3. The van der Waals surface area contributed by atoms with Crippen molar-refractivity contribution in [3.63, 3.8) is 0 Å². The summed E-state index contributed by atoms with van der Waals surface area (Å²) in [6.07, 6.45) is 58.5. The van der Waals surface area contributed by atoms with Crippen LogP contribution in [0.3, 0.4) is 0 Å². The second-order valence-corrected chi connectivity index (χ2v) is 25.0. The van der Waals surface area contributed by atoms with Crippen LogP contribution in [-0.4, -0.2) is 140 Å². The molecular weight excluding hydrogens is 1090 g/mol. The second kappa shape index (κ2) is 56.7. The summed E-state index contributed by atoms with van der Waals surface area (Å²) in [6, 6.07) is -0.938. The molecule has 2 fully saturated rings. The molecule has 12 unspecified atom stereocenters. The molecule has 1 amide bonds. The molecule has 502 valence electrons. The van der Waals surface area contributed by atoms with Crippen molar-refractivity contribution in [1.29, 1.82) is 0 Å². The lowest BCUT2D eigenvalue weighted by molar-refractivity contribution is -0.359. The first-order valence-corrected chi connectivity index (χ1v) is 35.5. The molecular formula is C72H131NO13. The molecule has 0 aromatic carbocycles. The van der Waals surface area contributed by atoms with Gasteiger partial charge in [-0.25, -0.2) is 0 Å². The fourth-order valence-corrected chi connectivity index (χ4v) is 11.5. The van der Waals surface area contributed by atoms with Gasteiger partial charge in [0, 0.05) is 6.42 Å². The molecule has 2 rings (SSSR count). The van der Waals surface area contributed by atoms with E-state index in [9.17, 15) is 45.6 Å². The zero-order chi connectivity index (χ0) is 62.3. The van der Waals surface area contributed by atoms with Crippen LogP contribution in [0.1, 0.15) is 296 Å². The number of carbonyl (C=O) groups excluding carboxylic acids is 1. The third kappa shape index (κ3) is 40.4. The number of ether oxygens (including phenoxy) is 4. The van der Waals surface area contributed by atoms with Crippen molar-refractivity contribution in [1.82, 2.24) is 5.32 Å². The van der Waals surface area contributed by atoms with Crippen molar-refractivity contribution in [2.75, 3.05) is 19.8 Å². The van der Waals surface area contributed by atoms with Crippen LogP contribution in [-0.2, 0) is 23.7 Å². The van der Waals surface area contributed by atoms with Gasteiger partial charge in [-0.15, -0.1) is 0 Å². The van der Waals surface area contributed by atoms with Gasteiger partial charge in [-0.2, -0.15) is 0 Å². The molecule has 0 radical (unpaired) electrons. The summed E-state index contributed by atoms with van der Waals surface area (Å²) in [5, 5.41) is 87.4. The van der Waals surface area contributed by atoms with E-state index < -0.39 is 86.8 Å². The molecule has 9 N–H and O–H groups in total. The molecule has 0 spiro atoms. The van der Waals surface area contributed by atoms with Crippen molar-refractivity contribution in [2.24, 2.45) is 0 Å². The highest BCUT2D eigenvalue weighted by atomic mass is 16.7. The Balaban J connectivity index is 1.70. The molecule has 0 aromatic rings. The number of aliphatic hydroxyl groups is 8. The molecule has 2 heterocycles. The largest absolute Gasteiger partial charge is 0.394 e. The van der Waals surface area contributed by atoms with Gasteiger partial charge < -0.3 is 65.1 Å². The van der Waals surface area contributed by atoms with E-state index in [1.807, 2.05) is 6.08 Å². The van der Waals surface area contributed by atoms with Crippen molar-refractivity contribution in [3.8, 4) is 0 Å². The Kier molecular flexibility index (Phi) is 52.6. The Morgan fingerprint density at radius 2 is 0.779 bits per heavy atom. The third-order valence-corrected chi connectivity index (χ3v) is 17.2. The molecule has 12 atom stereocenters. The molecule has 2 saturated heterocycles. The highest BCUT2D eigenvalue weighted by Crippen LogP contribution is 2.30. The predicted molar refractivity (Wildman–Crippen MR) is 350 cm³/mol. The first kappa shape index (κ1) is 79.8. The van der Waals surface area contributed by atoms with Crippen molar-refractivity contribution in [3.05, 3.63) is 60.8 Å². The number of hydrogen-bond donors (Lipinski definition) is 9. The Morgan fingerprint density at radius 1 is 0.419 bits per heavy atom. The number of carbonyl (C=O) groups is 1. The topological polar surface area (TPSA) is 228 Å². The standard InChI is InChI=1S/C72H131NO13/c1-3-5-7-9-11-13-15-17-19-21-23-25-27-29-30-32-33-35-37-39-41-43-45-47-49-51-53-55-61(76)60(59-83-71-69(82)67(80)70(63(58-75)85-71)86-72-68(81)66(79)65(78)62(57-74)84-72)73-64(77)56-54-52-50-48-46-44-42-40-38-36-34-31-28-26-24-22-20-18-16-14-12-10-8-6-4-2/h16,18,22,24,28,31,45,47,53,55,60-63,65-72,74-76,78-82H,3-15,17,19-21,23,25-27,29-30,32-44,46,48-52,54,56-59H2,1-2H3,(H,73,77)/b18-16-,24-22-,31-28-,47-45+,55-53+. The average molecular weight is 1220 g/mol. The Labute approximate surface area is 524 Å². The number of aliphatic hydroxyl groups excluding tert-OH is 8. The molecule has 0 bridgehead atoms. The maximum Gasteiger partial charge on any atom is 0.220 e. The number of nitrogens with one attached hydrogen (secondary N) is 1. The van der Waals surface area contributed by atoms with E-state index in [4.69, 9.17) is 18.9 Å². The molecule has 86 heavy (non-hydrogen) atoms. The van der Waals surface area contributed by atoms with Gasteiger partial charge in [0.1, 0.15) is 48.8 Å². The molecule has 0 aliphatic carbocycles. The quantitative estimate of drug-likeness (QED) is 0.0204. The van der Waals surface area contributed by atoms with Crippen LogP contribution < -0.4 is 5.32 Å². The highest BCUT2D eigenvalue weighted by molar-refractivity contribution is 5.76. The van der Waals surface area contributed by atoms with E-state index in [0.717, 1.165) is 51.4 Å². The van der Waals surface area contributed by atoms with E-state index >= 15 is 0 Å². The summed E-state index contributed by atoms with van der Waals surface area (Å²) in [7, 11) is 0. The summed E-state index contributed by atoms with van der Waals surface area (Å²) < 4.78 is 22.8. The predicted octanol–water partition coefficient (Wildman–Crippen LogP) is 14.5. The molecule has 0 saturated carbocycles. The van der Waals surface area contributed by atoms with Crippen LogP contribution in [0.4, 0.5) is 0 Å². The maximum absolute atomic E-state index is 13.3. The number of hydrogen-bond acceptors (Lipinski definition) is 13. The summed E-state index contributed by atoms with van der Waals surface area (Å²) in [5.74, 6) is -0.251. The van der Waals surface area contributed by atoms with Crippen LogP contribution in [0.25, 0.3) is 0 Å². The van der Waals surface area contributed by atoms with Gasteiger partial charge in [0.05, 0.1) is 32.0 Å². The SMILES string of the molecule is CCCCCCC/C=C\C/C=C\C/C=C\CCCCCCCCCCCCC(=O)NC(COC1OC(CO)C(OC2OC(CO)C(O)C(O)C2O)C(O)C1O)C(O)/C=C/CC/C=C/CCCCCCCCCCCCCCCCCCCCCCC. The third-order valence-electron chi connectivity index (χ3n) is 17.2. The van der Waals surface area contributed by atoms with Crippen LogP contribution in [0, 0.1) is 0 Å². The molecule has 14 heteroatoms. The minimum Gasteiger partial charge on any atom is -0.394 e. The summed E-state index contributed by atoms with van der Waals surface area (Å²) in [5.41, 5.74) is 0. The van der Waals surface area contributed by atoms with Crippen LogP contribution >= 0.6 is 0 Å². The van der Waals surface area contributed by atoms with Gasteiger partial charge in [0.2, 0.25) is 5.91 Å². The van der Waals surface area contributed by atoms with Crippen molar-refractivity contribution in [2.45, 2.75) is 370 Å². The smallest absolute Gasteiger partial charge is 0.220 e. The number of unbranched alkanes of at least 4 members (excludes halogenated alkanes) is 37. The zero-order valence-corrected chi connectivity index (χ0v) is 54.6. The fourth-order valence-electron chi connectivity index (χ4n) is 11.5. The lowest BCUT2D eigenvalue weighted by Gasteiger charge is -2.46. The highest BCUT2D eigenvalue weighted by Gasteiger charge is 2.51. The summed E-state index contributed by atoms with van der Waals surface area (Å²) >= 11 is 0. The fraction of sp³-hybridized carbons (Fsp3) is 0.847. The summed E-state index contributed by atoms with van der Waals surface area (Å²) in [6.45, 7) is 2.80. The molecule has 14 nitrogen and oxygen atoms in total. The van der Waals surface area contributed by atoms with Gasteiger partial charge >= 0.3 is 0 Å². The molecule has 0 aromatic heterocycles. The van der Waals surface area contributed by atoms with Crippen molar-refractivity contribution < 1.29 is 64.6 Å². The average Bonchev–Trinajstić information content (AvgIpc) is 2.54. The normalized spacial score (nSPS) is 23.7. The first-order valence-electron chi connectivity index (χ1n) is 35.5. The van der Waals surface area contributed by atoms with E-state index in [1.54, 1.807) is 6.08 Å². The van der Waals surface area contributed by atoms with Gasteiger partial charge in [-0.05, 0) is 70.6 Å². The number of allylic oxidation sites excluding steroid dienone is 9. The van der Waals surface area contributed by atoms with Gasteiger partial charge in [0.15, 0.2) is 12.6 Å². The van der Waals surface area contributed by atoms with Crippen LogP contribution in [0.15, 0.2) is 60.8 Å². The summed E-state index contributed by atoms with van der Waals surface area (Å²) in [4.78, 5) is 13.3. The lowest BCUT2D eigenvalue weighted by Crippen LogP contribution is -2.65. The monoisotopic (exact) mass is 1220 g/mol. The Morgan fingerprint density at radius 3 is 1.22 bits per heavy atom. The van der Waals surface area contributed by atoms with Crippen molar-refractivity contribution >= 4 is 5.91 Å². The van der Waals surface area contributed by atoms with Gasteiger partial charge in [-0.1, -0.05) is 280 Å². The van der Waals surface area contributed by atoms with E-state index in [0.29, 0.717) is 12.8 Å². The minimum absolute atomic E-state index is 0.251. The molecule has 2 aliphatic rings. The van der Waals surface area contributed by atoms with E-state index in [-0.39, 0.29) is 18.9 Å².